The molecule has 0 fully saturated rings. The molecule has 0 spiro atoms. The quantitative estimate of drug-likeness (QED) is 0.639. The maximum atomic E-state index is 12.5. The van der Waals surface area contributed by atoms with Gasteiger partial charge in [-0.05, 0) is 18.2 Å². The molecule has 1 aromatic heterocycles. The number of benzene rings is 1. The zero-order chi connectivity index (χ0) is 16.2. The molecule has 116 valence electrons. The molecule has 0 N–H and O–H groups in total. The summed E-state index contributed by atoms with van der Waals surface area (Å²) in [6.45, 7) is 0. The van der Waals surface area contributed by atoms with E-state index in [0.29, 0.717) is 5.69 Å². The lowest BCUT2D eigenvalue weighted by Crippen LogP contribution is -2.27. The van der Waals surface area contributed by atoms with E-state index < -0.39 is 11.9 Å². The van der Waals surface area contributed by atoms with Crippen LogP contribution in [0.2, 0.25) is 0 Å². The zero-order valence-corrected chi connectivity index (χ0v) is 12.4. The van der Waals surface area contributed by atoms with Gasteiger partial charge in [-0.1, -0.05) is 30.0 Å². The molecule has 1 heterocycles. The number of para-hydroxylation sites is 1. The number of aromatic nitrogens is 2. The van der Waals surface area contributed by atoms with Gasteiger partial charge >= 0.3 is 6.18 Å². The van der Waals surface area contributed by atoms with E-state index in [9.17, 15) is 18.0 Å². The van der Waals surface area contributed by atoms with Crippen molar-refractivity contribution in [2.75, 3.05) is 17.7 Å². The van der Waals surface area contributed by atoms with Gasteiger partial charge in [0.05, 0.1) is 5.75 Å². The first-order valence-corrected chi connectivity index (χ1v) is 7.21. The first-order chi connectivity index (χ1) is 10.4. The first kappa shape index (κ1) is 16.3. The number of hydrogen-bond donors (Lipinski definition) is 0. The topological polar surface area (TPSA) is 46.1 Å². The van der Waals surface area contributed by atoms with Gasteiger partial charge in [0.15, 0.2) is 5.16 Å². The van der Waals surface area contributed by atoms with Gasteiger partial charge in [0.25, 0.3) is 0 Å². The Bertz CT molecular complexity index is 649. The number of thioether (sulfide) groups is 1. The molecule has 0 saturated carbocycles. The number of hydrogen-bond acceptors (Lipinski definition) is 4. The van der Waals surface area contributed by atoms with Gasteiger partial charge in [0.2, 0.25) is 5.91 Å². The molecule has 8 heteroatoms. The number of alkyl halides is 3. The molecule has 1 amide bonds. The van der Waals surface area contributed by atoms with Crippen LogP contribution in [0.3, 0.4) is 0 Å². The highest BCUT2D eigenvalue weighted by Crippen LogP contribution is 2.28. The van der Waals surface area contributed by atoms with E-state index in [-0.39, 0.29) is 16.8 Å². The van der Waals surface area contributed by atoms with Gasteiger partial charge in [0.1, 0.15) is 5.69 Å². The maximum Gasteiger partial charge on any atom is 0.433 e. The minimum atomic E-state index is -4.52. The van der Waals surface area contributed by atoms with Crippen LogP contribution in [0, 0.1) is 0 Å². The molecule has 4 nitrogen and oxygen atoms in total. The maximum absolute atomic E-state index is 12.5. The minimum absolute atomic E-state index is 0.0489. The number of carbonyl (C=O) groups is 1. The summed E-state index contributed by atoms with van der Waals surface area (Å²) < 4.78 is 37.6. The number of rotatable bonds is 4. The zero-order valence-electron chi connectivity index (χ0n) is 11.5. The Kier molecular flexibility index (Phi) is 5.02. The lowest BCUT2D eigenvalue weighted by Gasteiger charge is -2.16. The standard InChI is InChI=1S/C14H12F3N3OS/c1-20(10-5-3-2-4-6-10)12(21)9-22-13-18-8-7-11(19-13)14(15,16)17/h2-8H,9H2,1H3. The number of anilines is 1. The summed E-state index contributed by atoms with van der Waals surface area (Å²) in [5, 5.41) is -0.0790. The van der Waals surface area contributed by atoms with E-state index in [1.165, 1.54) is 4.90 Å². The number of carbonyl (C=O) groups excluding carboxylic acids is 1. The SMILES string of the molecule is CN(C(=O)CSc1nccc(C(F)(F)F)n1)c1ccccc1. The fourth-order valence-electron chi connectivity index (χ4n) is 1.59. The molecule has 0 bridgehead atoms. The van der Waals surface area contributed by atoms with Crippen LogP contribution in [-0.4, -0.2) is 28.7 Å². The van der Waals surface area contributed by atoms with Crippen LogP contribution in [0.4, 0.5) is 18.9 Å². The Morgan fingerprint density at radius 1 is 1.23 bits per heavy atom. The van der Waals surface area contributed by atoms with E-state index >= 15 is 0 Å². The van der Waals surface area contributed by atoms with Crippen molar-refractivity contribution in [3.63, 3.8) is 0 Å². The summed E-state index contributed by atoms with van der Waals surface area (Å²) in [6, 6.07) is 9.74. The van der Waals surface area contributed by atoms with E-state index in [4.69, 9.17) is 0 Å². The Hall–Kier alpha value is -2.09. The van der Waals surface area contributed by atoms with Crippen LogP contribution in [-0.2, 0) is 11.0 Å². The predicted molar refractivity (Wildman–Crippen MR) is 77.6 cm³/mol. The summed E-state index contributed by atoms with van der Waals surface area (Å²) in [4.78, 5) is 20.6. The molecule has 0 unspecified atom stereocenters. The summed E-state index contributed by atoms with van der Waals surface area (Å²) in [5.74, 6) is -0.301. The number of halogens is 3. The van der Waals surface area contributed by atoms with Crippen molar-refractivity contribution in [3.05, 3.63) is 48.3 Å². The third kappa shape index (κ3) is 4.20. The smallest absolute Gasteiger partial charge is 0.315 e. The van der Waals surface area contributed by atoms with Gasteiger partial charge in [-0.25, -0.2) is 9.97 Å². The largest absolute Gasteiger partial charge is 0.433 e. The molecule has 2 rings (SSSR count). The molecule has 0 atom stereocenters. The molecule has 2 aromatic rings. The molecule has 0 aliphatic rings. The third-order valence-corrected chi connectivity index (χ3v) is 3.61. The highest BCUT2D eigenvalue weighted by molar-refractivity contribution is 7.99. The van der Waals surface area contributed by atoms with Gasteiger partial charge in [0, 0.05) is 18.9 Å². The molecular weight excluding hydrogens is 315 g/mol. The summed E-state index contributed by atoms with van der Waals surface area (Å²) in [7, 11) is 1.60. The molecule has 1 aromatic carbocycles. The number of amides is 1. The van der Waals surface area contributed by atoms with Crippen molar-refractivity contribution < 1.29 is 18.0 Å². The highest BCUT2D eigenvalue weighted by Gasteiger charge is 2.32. The molecule has 0 radical (unpaired) electrons. The summed E-state index contributed by atoms with van der Waals surface area (Å²) in [6.07, 6.45) is -3.49. The van der Waals surface area contributed by atoms with Crippen LogP contribution in [0.1, 0.15) is 5.69 Å². The third-order valence-electron chi connectivity index (χ3n) is 2.77. The second kappa shape index (κ2) is 6.78. The van der Waals surface area contributed by atoms with Crippen LogP contribution < -0.4 is 4.90 Å². The predicted octanol–water partition coefficient (Wildman–Crippen LogP) is 3.25. The molecule has 0 saturated heterocycles. The second-order valence-electron chi connectivity index (χ2n) is 4.30. The average molecular weight is 327 g/mol. The van der Waals surface area contributed by atoms with Crippen LogP contribution >= 0.6 is 11.8 Å². The lowest BCUT2D eigenvalue weighted by atomic mass is 10.3. The Labute approximate surface area is 129 Å². The van der Waals surface area contributed by atoms with Crippen molar-refractivity contribution in [3.8, 4) is 0 Å². The average Bonchev–Trinajstić information content (AvgIpc) is 2.52. The van der Waals surface area contributed by atoms with Crippen molar-refractivity contribution in [1.82, 2.24) is 9.97 Å². The van der Waals surface area contributed by atoms with Crippen LogP contribution in [0.25, 0.3) is 0 Å². The summed E-state index contributed by atoms with van der Waals surface area (Å²) in [5.41, 5.74) is -0.313. The van der Waals surface area contributed by atoms with E-state index in [0.717, 1.165) is 24.0 Å². The second-order valence-corrected chi connectivity index (χ2v) is 5.24. The first-order valence-electron chi connectivity index (χ1n) is 6.22. The van der Waals surface area contributed by atoms with Crippen LogP contribution in [0.15, 0.2) is 47.8 Å². The van der Waals surface area contributed by atoms with Crippen molar-refractivity contribution in [2.24, 2.45) is 0 Å². The Morgan fingerprint density at radius 2 is 1.91 bits per heavy atom. The molecular formula is C14H12F3N3OS. The van der Waals surface area contributed by atoms with Crippen molar-refractivity contribution in [1.29, 1.82) is 0 Å². The summed E-state index contributed by atoms with van der Waals surface area (Å²) >= 11 is 0.868. The minimum Gasteiger partial charge on any atom is -0.315 e. The molecule has 0 aliphatic carbocycles. The van der Waals surface area contributed by atoms with Crippen molar-refractivity contribution in [2.45, 2.75) is 11.3 Å². The fourth-order valence-corrected chi connectivity index (χ4v) is 2.33. The van der Waals surface area contributed by atoms with Gasteiger partial charge in [-0.3, -0.25) is 4.79 Å². The van der Waals surface area contributed by atoms with Gasteiger partial charge in [-0.15, -0.1) is 0 Å². The number of nitrogens with zero attached hydrogens (tertiary/aromatic N) is 3. The fraction of sp³-hybridized carbons (Fsp3) is 0.214. The van der Waals surface area contributed by atoms with Gasteiger partial charge in [-0.2, -0.15) is 13.2 Å². The van der Waals surface area contributed by atoms with E-state index in [1.807, 2.05) is 6.07 Å². The van der Waals surface area contributed by atoms with E-state index in [2.05, 4.69) is 9.97 Å². The normalized spacial score (nSPS) is 11.3. The van der Waals surface area contributed by atoms with Crippen LogP contribution in [0.5, 0.6) is 0 Å². The highest BCUT2D eigenvalue weighted by atomic mass is 32.2. The molecule has 0 aliphatic heterocycles. The van der Waals surface area contributed by atoms with E-state index in [1.54, 1.807) is 31.3 Å². The van der Waals surface area contributed by atoms with Gasteiger partial charge < -0.3 is 4.90 Å². The monoisotopic (exact) mass is 327 g/mol. The molecule has 22 heavy (non-hydrogen) atoms. The Morgan fingerprint density at radius 3 is 2.55 bits per heavy atom. The Balaban J connectivity index is 2.00. The lowest BCUT2D eigenvalue weighted by molar-refractivity contribution is -0.141. The van der Waals surface area contributed by atoms with Crippen molar-refractivity contribution >= 4 is 23.4 Å².